The third-order valence-electron chi connectivity index (χ3n) is 3.12. The van der Waals surface area contributed by atoms with Gasteiger partial charge in [-0.25, -0.2) is 4.98 Å². The first-order valence-corrected chi connectivity index (χ1v) is 7.68. The first-order chi connectivity index (χ1) is 8.38. The Morgan fingerprint density at radius 2 is 2.35 bits per heavy atom. The van der Waals surface area contributed by atoms with Gasteiger partial charge in [-0.3, -0.25) is 0 Å². The predicted molar refractivity (Wildman–Crippen MR) is 75.9 cm³/mol. The van der Waals surface area contributed by atoms with Crippen LogP contribution in [0.2, 0.25) is 0 Å². The van der Waals surface area contributed by atoms with E-state index in [9.17, 15) is 0 Å². The summed E-state index contributed by atoms with van der Waals surface area (Å²) in [4.78, 5) is 8.45. The minimum atomic E-state index is 0.864. The van der Waals surface area contributed by atoms with Crippen molar-refractivity contribution in [3.8, 4) is 0 Å². The van der Waals surface area contributed by atoms with E-state index in [0.29, 0.717) is 0 Å². The van der Waals surface area contributed by atoms with E-state index in [1.54, 1.807) is 0 Å². The molecule has 0 saturated carbocycles. The van der Waals surface area contributed by atoms with Crippen molar-refractivity contribution in [2.24, 2.45) is 0 Å². The molecule has 0 N–H and O–H groups in total. The van der Waals surface area contributed by atoms with Crippen LogP contribution in [-0.4, -0.2) is 11.5 Å². The Balaban J connectivity index is 1.91. The lowest BCUT2D eigenvalue weighted by Crippen LogP contribution is -2.30. The third-order valence-corrected chi connectivity index (χ3v) is 4.75. The van der Waals surface area contributed by atoms with E-state index in [2.05, 4.69) is 43.3 Å². The van der Waals surface area contributed by atoms with Crippen molar-refractivity contribution in [1.29, 1.82) is 0 Å². The molecule has 1 aliphatic rings. The fourth-order valence-corrected chi connectivity index (χ4v) is 3.58. The van der Waals surface area contributed by atoms with Crippen LogP contribution in [-0.2, 0) is 18.3 Å². The Bertz CT molecular complexity index is 524. The average Bonchev–Trinajstić information content (AvgIpc) is 2.85. The Hall–Kier alpha value is -0.870. The highest BCUT2D eigenvalue weighted by atomic mass is 79.9. The zero-order valence-electron chi connectivity index (χ0n) is 9.40. The first kappa shape index (κ1) is 11.2. The van der Waals surface area contributed by atoms with Gasteiger partial charge < -0.3 is 4.90 Å². The fourth-order valence-electron chi connectivity index (χ4n) is 2.25. The number of thiophene rings is 1. The van der Waals surface area contributed by atoms with Gasteiger partial charge in [0.25, 0.3) is 0 Å². The van der Waals surface area contributed by atoms with Crippen molar-refractivity contribution in [1.82, 2.24) is 4.98 Å². The van der Waals surface area contributed by atoms with Gasteiger partial charge in [-0.05, 0) is 29.5 Å². The maximum Gasteiger partial charge on any atom is 0.132 e. The van der Waals surface area contributed by atoms with Crippen LogP contribution in [0.25, 0.3) is 0 Å². The second kappa shape index (κ2) is 4.78. The van der Waals surface area contributed by atoms with Gasteiger partial charge in [-0.1, -0.05) is 22.0 Å². The van der Waals surface area contributed by atoms with Crippen LogP contribution in [0.1, 0.15) is 16.0 Å². The van der Waals surface area contributed by atoms with Crippen LogP contribution < -0.4 is 4.90 Å². The minimum Gasteiger partial charge on any atom is -0.352 e. The monoisotopic (exact) mass is 308 g/mol. The zero-order valence-corrected chi connectivity index (χ0v) is 11.8. The van der Waals surface area contributed by atoms with Crippen LogP contribution in [0.3, 0.4) is 0 Å². The van der Waals surface area contributed by atoms with Gasteiger partial charge in [0.05, 0.1) is 0 Å². The molecule has 2 aromatic heterocycles. The van der Waals surface area contributed by atoms with Crippen molar-refractivity contribution in [2.45, 2.75) is 18.3 Å². The smallest absolute Gasteiger partial charge is 0.132 e. The van der Waals surface area contributed by atoms with Crippen molar-refractivity contribution >= 4 is 33.1 Å². The number of hydrogen-bond donors (Lipinski definition) is 0. The van der Waals surface area contributed by atoms with Gasteiger partial charge in [0.15, 0.2) is 0 Å². The second-order valence-corrected chi connectivity index (χ2v) is 5.72. The molecule has 3 heterocycles. The lowest BCUT2D eigenvalue weighted by atomic mass is 10.1. The molecule has 0 amide bonds. The maximum atomic E-state index is 4.53. The molecule has 88 valence electrons. The van der Waals surface area contributed by atoms with Gasteiger partial charge in [-0.2, -0.15) is 0 Å². The molecule has 0 atom stereocenters. The highest BCUT2D eigenvalue weighted by Crippen LogP contribution is 2.29. The van der Waals surface area contributed by atoms with E-state index >= 15 is 0 Å². The lowest BCUT2D eigenvalue weighted by molar-refractivity contribution is 0.729. The summed E-state index contributed by atoms with van der Waals surface area (Å²) in [6.07, 6.45) is 3.02. The second-order valence-electron chi connectivity index (χ2n) is 4.16. The van der Waals surface area contributed by atoms with Gasteiger partial charge in [0.2, 0.25) is 0 Å². The van der Waals surface area contributed by atoms with E-state index in [1.165, 1.54) is 16.0 Å². The van der Waals surface area contributed by atoms with Gasteiger partial charge in [0.1, 0.15) is 5.82 Å². The van der Waals surface area contributed by atoms with Crippen molar-refractivity contribution in [3.63, 3.8) is 0 Å². The number of hydrogen-bond acceptors (Lipinski definition) is 3. The van der Waals surface area contributed by atoms with E-state index < -0.39 is 0 Å². The Kier molecular flexibility index (Phi) is 3.16. The normalized spacial score (nSPS) is 14.8. The molecule has 0 unspecified atom stereocenters. The van der Waals surface area contributed by atoms with E-state index in [0.717, 1.165) is 30.7 Å². The van der Waals surface area contributed by atoms with Gasteiger partial charge >= 0.3 is 0 Å². The molecule has 4 heteroatoms. The lowest BCUT2D eigenvalue weighted by Gasteiger charge is -2.29. The fraction of sp³-hybridized carbons (Fsp3) is 0.308. The van der Waals surface area contributed by atoms with Crippen molar-refractivity contribution in [3.05, 3.63) is 45.8 Å². The summed E-state index contributed by atoms with van der Waals surface area (Å²) < 4.78 is 0. The molecule has 0 bridgehead atoms. The maximum absolute atomic E-state index is 4.53. The third kappa shape index (κ3) is 2.11. The number of aromatic nitrogens is 1. The Labute approximate surface area is 113 Å². The number of halogens is 1. The summed E-state index contributed by atoms with van der Waals surface area (Å²) in [7, 11) is 0. The summed E-state index contributed by atoms with van der Waals surface area (Å²) in [6, 6.07) is 6.38. The SMILES string of the molecule is BrCc1cccnc1N1CCc2sccc2C1. The molecule has 0 aliphatic carbocycles. The Morgan fingerprint density at radius 1 is 1.41 bits per heavy atom. The average molecular weight is 309 g/mol. The Morgan fingerprint density at radius 3 is 3.24 bits per heavy atom. The summed E-state index contributed by atoms with van der Waals surface area (Å²) in [5.74, 6) is 1.13. The van der Waals surface area contributed by atoms with E-state index in [-0.39, 0.29) is 0 Å². The summed E-state index contributed by atoms with van der Waals surface area (Å²) in [5, 5.41) is 3.06. The molecule has 3 rings (SSSR count). The number of nitrogens with zero attached hydrogens (tertiary/aromatic N) is 2. The van der Waals surface area contributed by atoms with Crippen LogP contribution in [0.5, 0.6) is 0 Å². The summed E-state index contributed by atoms with van der Waals surface area (Å²) in [5.41, 5.74) is 2.73. The molecule has 0 radical (unpaired) electrons. The largest absolute Gasteiger partial charge is 0.352 e. The van der Waals surface area contributed by atoms with Gasteiger partial charge in [0, 0.05) is 35.1 Å². The van der Waals surface area contributed by atoms with Crippen LogP contribution >= 0.6 is 27.3 Å². The van der Waals surface area contributed by atoms with Gasteiger partial charge in [-0.15, -0.1) is 11.3 Å². The number of rotatable bonds is 2. The summed E-state index contributed by atoms with van der Waals surface area (Å²) >= 11 is 5.41. The van der Waals surface area contributed by atoms with E-state index in [4.69, 9.17) is 0 Å². The highest BCUT2D eigenvalue weighted by Gasteiger charge is 2.19. The number of alkyl halides is 1. The topological polar surface area (TPSA) is 16.1 Å². The number of fused-ring (bicyclic) bond motifs is 1. The molecule has 17 heavy (non-hydrogen) atoms. The number of anilines is 1. The molecule has 0 spiro atoms. The zero-order chi connectivity index (χ0) is 11.7. The summed E-state index contributed by atoms with van der Waals surface area (Å²) in [6.45, 7) is 2.07. The quantitative estimate of drug-likeness (QED) is 0.788. The van der Waals surface area contributed by atoms with Crippen LogP contribution in [0, 0.1) is 0 Å². The molecular formula is C13H13BrN2S. The molecular weight excluding hydrogens is 296 g/mol. The predicted octanol–water partition coefficient (Wildman–Crippen LogP) is 3.60. The molecule has 1 aliphatic heterocycles. The van der Waals surface area contributed by atoms with Crippen LogP contribution in [0.4, 0.5) is 5.82 Å². The molecule has 0 fully saturated rings. The minimum absolute atomic E-state index is 0.864. The van der Waals surface area contributed by atoms with Crippen LogP contribution in [0.15, 0.2) is 29.8 Å². The van der Waals surface area contributed by atoms with E-state index in [1.807, 2.05) is 23.6 Å². The molecule has 2 aromatic rings. The highest BCUT2D eigenvalue weighted by molar-refractivity contribution is 9.08. The first-order valence-electron chi connectivity index (χ1n) is 5.68. The van der Waals surface area contributed by atoms with Crippen molar-refractivity contribution in [2.75, 3.05) is 11.4 Å². The van der Waals surface area contributed by atoms with Crippen molar-refractivity contribution < 1.29 is 0 Å². The molecule has 0 saturated heterocycles. The molecule has 2 nitrogen and oxygen atoms in total. The number of pyridine rings is 1. The standard InChI is InChI=1S/C13H13BrN2S/c14-8-10-2-1-5-15-13(10)16-6-3-12-11(9-16)4-7-17-12/h1-2,4-5,7H,3,6,8-9H2. The molecule has 0 aromatic carbocycles.